The predicted octanol–water partition coefficient (Wildman–Crippen LogP) is 5.44. The van der Waals surface area contributed by atoms with Crippen LogP contribution >= 0.6 is 0 Å². The summed E-state index contributed by atoms with van der Waals surface area (Å²) in [6.07, 6.45) is 10.0. The van der Waals surface area contributed by atoms with Crippen LogP contribution in [0, 0.1) is 0 Å². The van der Waals surface area contributed by atoms with Crippen LogP contribution < -0.4 is 9.47 Å². The smallest absolute Gasteiger partial charge is 0.118 e. The van der Waals surface area contributed by atoms with E-state index in [4.69, 9.17) is 9.47 Å². The van der Waals surface area contributed by atoms with Gasteiger partial charge in [-0.2, -0.15) is 0 Å². The second-order valence-electron chi connectivity index (χ2n) is 5.73. The summed E-state index contributed by atoms with van der Waals surface area (Å²) in [5.41, 5.74) is 4.20. The summed E-state index contributed by atoms with van der Waals surface area (Å²) in [5, 5.41) is 0. The maximum atomic E-state index is 5.16. The van der Waals surface area contributed by atoms with Crippen molar-refractivity contribution >= 4 is 24.3 Å². The molecule has 1 heterocycles. The third-order valence-corrected chi connectivity index (χ3v) is 3.96. The number of hydrogen-bond donors (Lipinski definition) is 0. The summed E-state index contributed by atoms with van der Waals surface area (Å²) in [6.45, 7) is 0. The van der Waals surface area contributed by atoms with Crippen molar-refractivity contribution in [1.82, 2.24) is 4.98 Å². The van der Waals surface area contributed by atoms with E-state index in [1.807, 2.05) is 79.0 Å². The molecule has 130 valence electrons. The summed E-state index contributed by atoms with van der Waals surface area (Å²) in [4.78, 5) is 4.48. The largest absolute Gasteiger partial charge is 0.497 e. The molecule has 0 radical (unpaired) electrons. The summed E-state index contributed by atoms with van der Waals surface area (Å²) in [5.74, 6) is 1.71. The average molecular weight is 343 g/mol. The summed E-state index contributed by atoms with van der Waals surface area (Å²) in [6, 6.07) is 19.9. The fourth-order valence-corrected chi connectivity index (χ4v) is 2.42. The van der Waals surface area contributed by atoms with Crippen molar-refractivity contribution in [3.05, 3.63) is 89.2 Å². The van der Waals surface area contributed by atoms with Gasteiger partial charge in [-0.15, -0.1) is 0 Å². The van der Waals surface area contributed by atoms with E-state index in [0.717, 1.165) is 33.9 Å². The zero-order valence-electron chi connectivity index (χ0n) is 14.9. The number of rotatable bonds is 6. The van der Waals surface area contributed by atoms with E-state index in [1.165, 1.54) is 0 Å². The molecule has 0 amide bonds. The molecule has 0 spiro atoms. The van der Waals surface area contributed by atoms with Crippen LogP contribution in [0.1, 0.15) is 22.4 Å². The second-order valence-corrected chi connectivity index (χ2v) is 5.73. The normalized spacial score (nSPS) is 11.2. The number of aromatic nitrogens is 1. The fourth-order valence-electron chi connectivity index (χ4n) is 2.42. The van der Waals surface area contributed by atoms with Crippen molar-refractivity contribution in [3.63, 3.8) is 0 Å². The Hall–Kier alpha value is -3.33. The SMILES string of the molecule is COc1ccc(C=Cc2ccc(C=Cc3ccc(OC)cc3)nc2)cc1. The Bertz CT molecular complexity index is 801. The van der Waals surface area contributed by atoms with Gasteiger partial charge in [-0.3, -0.25) is 4.98 Å². The molecule has 3 aromatic rings. The first-order valence-electron chi connectivity index (χ1n) is 8.37. The molecule has 3 nitrogen and oxygen atoms in total. The first-order chi connectivity index (χ1) is 12.8. The van der Waals surface area contributed by atoms with Gasteiger partial charge in [0.15, 0.2) is 0 Å². The van der Waals surface area contributed by atoms with Crippen molar-refractivity contribution in [3.8, 4) is 11.5 Å². The minimum atomic E-state index is 0.855. The first-order valence-corrected chi connectivity index (χ1v) is 8.37. The molecule has 1 aromatic heterocycles. The first kappa shape index (κ1) is 17.5. The minimum Gasteiger partial charge on any atom is -0.497 e. The molecule has 0 aliphatic carbocycles. The van der Waals surface area contributed by atoms with Crippen LogP contribution in [0.3, 0.4) is 0 Å². The van der Waals surface area contributed by atoms with Crippen LogP contribution in [0.5, 0.6) is 11.5 Å². The highest BCUT2D eigenvalue weighted by atomic mass is 16.5. The topological polar surface area (TPSA) is 31.4 Å². The highest BCUT2D eigenvalue weighted by Crippen LogP contribution is 2.15. The van der Waals surface area contributed by atoms with Crippen LogP contribution in [-0.2, 0) is 0 Å². The van der Waals surface area contributed by atoms with Gasteiger partial charge < -0.3 is 9.47 Å². The molecule has 0 fully saturated rings. The van der Waals surface area contributed by atoms with Gasteiger partial charge in [-0.05, 0) is 53.1 Å². The van der Waals surface area contributed by atoms with E-state index in [9.17, 15) is 0 Å². The zero-order chi connectivity index (χ0) is 18.2. The quantitative estimate of drug-likeness (QED) is 0.597. The summed E-state index contributed by atoms with van der Waals surface area (Å²) < 4.78 is 10.3. The van der Waals surface area contributed by atoms with Gasteiger partial charge >= 0.3 is 0 Å². The lowest BCUT2D eigenvalue weighted by atomic mass is 10.1. The maximum Gasteiger partial charge on any atom is 0.118 e. The molecule has 0 saturated heterocycles. The number of benzene rings is 2. The third kappa shape index (κ3) is 4.84. The summed E-state index contributed by atoms with van der Waals surface area (Å²) >= 11 is 0. The monoisotopic (exact) mass is 343 g/mol. The lowest BCUT2D eigenvalue weighted by molar-refractivity contribution is 0.414. The van der Waals surface area contributed by atoms with E-state index in [1.54, 1.807) is 14.2 Å². The molecule has 3 heteroatoms. The predicted molar refractivity (Wildman–Crippen MR) is 108 cm³/mol. The van der Waals surface area contributed by atoms with E-state index < -0.39 is 0 Å². The minimum absolute atomic E-state index is 0.855. The Kier molecular flexibility index (Phi) is 5.84. The van der Waals surface area contributed by atoms with E-state index in [-0.39, 0.29) is 0 Å². The van der Waals surface area contributed by atoms with Gasteiger partial charge in [-0.25, -0.2) is 0 Å². The fraction of sp³-hybridized carbons (Fsp3) is 0.0870. The van der Waals surface area contributed by atoms with E-state index in [2.05, 4.69) is 17.1 Å². The van der Waals surface area contributed by atoms with Crippen LogP contribution in [0.4, 0.5) is 0 Å². The highest BCUT2D eigenvalue weighted by Gasteiger charge is 1.94. The molecule has 0 aliphatic rings. The third-order valence-electron chi connectivity index (χ3n) is 3.96. The molecule has 3 rings (SSSR count). The van der Waals surface area contributed by atoms with Crippen LogP contribution in [0.2, 0.25) is 0 Å². The molecule has 0 atom stereocenters. The van der Waals surface area contributed by atoms with Crippen molar-refractivity contribution in [2.45, 2.75) is 0 Å². The molecule has 26 heavy (non-hydrogen) atoms. The van der Waals surface area contributed by atoms with Gasteiger partial charge in [0, 0.05) is 6.20 Å². The molecule has 0 saturated carbocycles. The number of ether oxygens (including phenoxy) is 2. The molecule has 0 N–H and O–H groups in total. The molecule has 0 bridgehead atoms. The molecule has 2 aromatic carbocycles. The highest BCUT2D eigenvalue weighted by molar-refractivity contribution is 5.71. The van der Waals surface area contributed by atoms with Gasteiger partial charge in [0.05, 0.1) is 19.9 Å². The number of pyridine rings is 1. The number of methoxy groups -OCH3 is 2. The van der Waals surface area contributed by atoms with Crippen LogP contribution in [-0.4, -0.2) is 19.2 Å². The standard InChI is InChI=1S/C23H21NO2/c1-25-22-13-7-18(8-14-22)3-4-20-6-12-21(24-17-20)11-5-19-9-15-23(26-2)16-10-19/h3-17H,1-2H3. The molecular weight excluding hydrogens is 322 g/mol. The lowest BCUT2D eigenvalue weighted by Gasteiger charge is -2.00. The lowest BCUT2D eigenvalue weighted by Crippen LogP contribution is -1.83. The van der Waals surface area contributed by atoms with E-state index >= 15 is 0 Å². The Morgan fingerprint density at radius 2 is 1.04 bits per heavy atom. The Morgan fingerprint density at radius 1 is 0.577 bits per heavy atom. The van der Waals surface area contributed by atoms with Crippen molar-refractivity contribution in [1.29, 1.82) is 0 Å². The van der Waals surface area contributed by atoms with Crippen molar-refractivity contribution < 1.29 is 9.47 Å². The Labute approximate surface area is 154 Å². The summed E-state index contributed by atoms with van der Waals surface area (Å²) in [7, 11) is 3.33. The van der Waals surface area contributed by atoms with Gasteiger partial charge in [0.1, 0.15) is 11.5 Å². The van der Waals surface area contributed by atoms with Crippen molar-refractivity contribution in [2.75, 3.05) is 14.2 Å². The van der Waals surface area contributed by atoms with Crippen LogP contribution in [0.15, 0.2) is 66.9 Å². The maximum absolute atomic E-state index is 5.16. The average Bonchev–Trinajstić information content (AvgIpc) is 2.72. The van der Waals surface area contributed by atoms with E-state index in [0.29, 0.717) is 0 Å². The van der Waals surface area contributed by atoms with Gasteiger partial charge in [0.25, 0.3) is 0 Å². The zero-order valence-corrected chi connectivity index (χ0v) is 14.9. The Morgan fingerprint density at radius 3 is 1.50 bits per heavy atom. The molecule has 0 aliphatic heterocycles. The molecular formula is C23H21NO2. The van der Waals surface area contributed by atoms with Gasteiger partial charge in [-0.1, -0.05) is 48.6 Å². The van der Waals surface area contributed by atoms with Gasteiger partial charge in [0.2, 0.25) is 0 Å². The number of nitrogens with zero attached hydrogens (tertiary/aromatic N) is 1. The Balaban J connectivity index is 1.63. The number of hydrogen-bond acceptors (Lipinski definition) is 3. The second kappa shape index (κ2) is 8.67. The van der Waals surface area contributed by atoms with Crippen molar-refractivity contribution in [2.24, 2.45) is 0 Å². The molecule has 0 unspecified atom stereocenters. The van der Waals surface area contributed by atoms with Crippen LogP contribution in [0.25, 0.3) is 24.3 Å².